The summed E-state index contributed by atoms with van der Waals surface area (Å²) in [6.45, 7) is 2.71. The molecule has 0 amide bonds. The Morgan fingerprint density at radius 2 is 2.19 bits per heavy atom. The number of benzene rings is 1. The van der Waals surface area contributed by atoms with Crippen LogP contribution in [-0.4, -0.2) is 12.6 Å². The van der Waals surface area contributed by atoms with Gasteiger partial charge in [0.05, 0.1) is 0 Å². The van der Waals surface area contributed by atoms with Gasteiger partial charge in [-0.3, -0.25) is 0 Å². The van der Waals surface area contributed by atoms with Crippen molar-refractivity contribution in [2.24, 2.45) is 0 Å². The topological polar surface area (TPSA) is 12.0 Å². The fraction of sp³-hybridized carbons (Fsp3) is 0.385. The van der Waals surface area contributed by atoms with Crippen molar-refractivity contribution in [3.8, 4) is 0 Å². The second-order valence-electron chi connectivity index (χ2n) is 4.31. The molecule has 86 valence electrons. The lowest BCUT2D eigenvalue weighted by molar-refractivity contribution is 0.581. The lowest BCUT2D eigenvalue weighted by Crippen LogP contribution is -2.18. The number of nitrogens with one attached hydrogen (secondary N) is 1. The maximum Gasteiger partial charge on any atom is 0.133 e. The molecule has 1 saturated carbocycles. The second kappa shape index (κ2) is 4.74. The first-order valence-corrected chi connectivity index (χ1v) is 5.51. The summed E-state index contributed by atoms with van der Waals surface area (Å²) in [5, 5.41) is 3.34. The lowest BCUT2D eigenvalue weighted by atomic mass is 10.1. The molecule has 1 aliphatic rings. The van der Waals surface area contributed by atoms with Gasteiger partial charge in [-0.05, 0) is 31.9 Å². The summed E-state index contributed by atoms with van der Waals surface area (Å²) in [5.74, 6) is -1.05. The molecule has 0 unspecified atom stereocenters. The van der Waals surface area contributed by atoms with E-state index < -0.39 is 11.6 Å². The minimum atomic E-state index is -0.539. The molecule has 0 saturated heterocycles. The van der Waals surface area contributed by atoms with E-state index in [4.69, 9.17) is 0 Å². The molecular formula is C13H15F2N. The fourth-order valence-corrected chi connectivity index (χ4v) is 1.53. The monoisotopic (exact) mass is 223 g/mol. The van der Waals surface area contributed by atoms with Crippen LogP contribution in [0.15, 0.2) is 23.8 Å². The molecule has 0 heterocycles. The maximum absolute atomic E-state index is 13.3. The summed E-state index contributed by atoms with van der Waals surface area (Å²) in [7, 11) is 0. The average Bonchev–Trinajstić information content (AvgIpc) is 3.03. The predicted octanol–water partition coefficient (Wildman–Crippen LogP) is 3.12. The van der Waals surface area contributed by atoms with Gasteiger partial charge in [-0.25, -0.2) is 8.78 Å². The van der Waals surface area contributed by atoms with Crippen molar-refractivity contribution in [1.82, 2.24) is 5.32 Å². The normalized spacial score (nSPS) is 16.6. The van der Waals surface area contributed by atoms with Crippen LogP contribution in [0, 0.1) is 11.6 Å². The van der Waals surface area contributed by atoms with Crippen molar-refractivity contribution < 1.29 is 8.78 Å². The van der Waals surface area contributed by atoms with Crippen molar-refractivity contribution in [2.45, 2.75) is 25.8 Å². The Bertz CT molecular complexity index is 408. The van der Waals surface area contributed by atoms with E-state index in [1.54, 1.807) is 6.08 Å². The van der Waals surface area contributed by atoms with Crippen LogP contribution in [0.5, 0.6) is 0 Å². The van der Waals surface area contributed by atoms with E-state index in [0.29, 0.717) is 11.6 Å². The molecule has 1 N–H and O–H groups in total. The molecule has 0 aromatic heterocycles. The van der Waals surface area contributed by atoms with E-state index in [1.165, 1.54) is 25.0 Å². The van der Waals surface area contributed by atoms with Gasteiger partial charge in [0, 0.05) is 24.2 Å². The highest BCUT2D eigenvalue weighted by Gasteiger charge is 2.19. The number of halogens is 2. The molecule has 0 atom stereocenters. The third-order valence-electron chi connectivity index (χ3n) is 2.61. The van der Waals surface area contributed by atoms with E-state index >= 15 is 0 Å². The van der Waals surface area contributed by atoms with E-state index in [2.05, 4.69) is 5.32 Å². The number of rotatable bonds is 4. The van der Waals surface area contributed by atoms with Gasteiger partial charge in [-0.15, -0.1) is 0 Å². The van der Waals surface area contributed by atoms with Gasteiger partial charge in [0.1, 0.15) is 11.6 Å². The van der Waals surface area contributed by atoms with Crippen LogP contribution in [-0.2, 0) is 0 Å². The molecule has 16 heavy (non-hydrogen) atoms. The molecule has 1 aliphatic carbocycles. The zero-order valence-corrected chi connectivity index (χ0v) is 9.26. The minimum absolute atomic E-state index is 0.441. The van der Waals surface area contributed by atoms with Crippen LogP contribution < -0.4 is 5.32 Å². The Balaban J connectivity index is 2.01. The molecule has 0 spiro atoms. The highest BCUT2D eigenvalue weighted by Crippen LogP contribution is 2.19. The summed E-state index contributed by atoms with van der Waals surface area (Å²) in [6, 6.07) is 4.29. The first-order chi connectivity index (χ1) is 7.65. The molecule has 3 heteroatoms. The maximum atomic E-state index is 13.3. The summed E-state index contributed by atoms with van der Waals surface area (Å²) >= 11 is 0. The second-order valence-corrected chi connectivity index (χ2v) is 4.31. The first kappa shape index (κ1) is 11.3. The third kappa shape index (κ3) is 3.14. The van der Waals surface area contributed by atoms with Gasteiger partial charge >= 0.3 is 0 Å². The number of hydrogen-bond donors (Lipinski definition) is 1. The Morgan fingerprint density at radius 3 is 2.81 bits per heavy atom. The largest absolute Gasteiger partial charge is 0.310 e. The summed E-state index contributed by atoms with van der Waals surface area (Å²) < 4.78 is 26.0. The quantitative estimate of drug-likeness (QED) is 0.827. The van der Waals surface area contributed by atoms with Crippen molar-refractivity contribution in [3.05, 3.63) is 41.0 Å². The summed E-state index contributed by atoms with van der Waals surface area (Å²) in [5.41, 5.74) is 1.49. The van der Waals surface area contributed by atoms with Crippen molar-refractivity contribution >= 4 is 6.08 Å². The van der Waals surface area contributed by atoms with Gasteiger partial charge in [0.15, 0.2) is 0 Å². The number of hydrogen-bond acceptors (Lipinski definition) is 1. The van der Waals surface area contributed by atoms with Gasteiger partial charge < -0.3 is 5.32 Å². The van der Waals surface area contributed by atoms with Crippen LogP contribution in [0.3, 0.4) is 0 Å². The van der Waals surface area contributed by atoms with Crippen molar-refractivity contribution in [3.63, 3.8) is 0 Å². The van der Waals surface area contributed by atoms with Crippen LogP contribution >= 0.6 is 0 Å². The van der Waals surface area contributed by atoms with Crippen LogP contribution in [0.4, 0.5) is 8.78 Å². The SMILES string of the molecule is CC(=Cc1ccc(F)cc1F)CNC1CC1. The fourth-order valence-electron chi connectivity index (χ4n) is 1.53. The van der Waals surface area contributed by atoms with Gasteiger partial charge in [0.2, 0.25) is 0 Å². The minimum Gasteiger partial charge on any atom is -0.310 e. The lowest BCUT2D eigenvalue weighted by Gasteiger charge is -2.04. The highest BCUT2D eigenvalue weighted by atomic mass is 19.1. The van der Waals surface area contributed by atoms with Crippen LogP contribution in [0.2, 0.25) is 0 Å². The molecule has 1 fully saturated rings. The van der Waals surface area contributed by atoms with Gasteiger partial charge in [0.25, 0.3) is 0 Å². The van der Waals surface area contributed by atoms with E-state index in [0.717, 1.165) is 18.2 Å². The average molecular weight is 223 g/mol. The highest BCUT2D eigenvalue weighted by molar-refractivity contribution is 5.53. The van der Waals surface area contributed by atoms with Gasteiger partial charge in [-0.2, -0.15) is 0 Å². The molecule has 0 bridgehead atoms. The Kier molecular flexibility index (Phi) is 3.34. The van der Waals surface area contributed by atoms with Crippen LogP contribution in [0.1, 0.15) is 25.3 Å². The summed E-state index contributed by atoms with van der Waals surface area (Å²) in [4.78, 5) is 0. The third-order valence-corrected chi connectivity index (χ3v) is 2.61. The Hall–Kier alpha value is -1.22. The zero-order valence-electron chi connectivity index (χ0n) is 9.26. The predicted molar refractivity (Wildman–Crippen MR) is 61.0 cm³/mol. The van der Waals surface area contributed by atoms with Crippen molar-refractivity contribution in [2.75, 3.05) is 6.54 Å². The molecule has 1 aromatic carbocycles. The molecule has 0 radical (unpaired) electrons. The summed E-state index contributed by atoms with van der Waals surface area (Å²) in [6.07, 6.45) is 4.22. The Morgan fingerprint density at radius 1 is 1.44 bits per heavy atom. The molecular weight excluding hydrogens is 208 g/mol. The van der Waals surface area contributed by atoms with E-state index in [-0.39, 0.29) is 0 Å². The Labute approximate surface area is 94.2 Å². The first-order valence-electron chi connectivity index (χ1n) is 5.51. The zero-order chi connectivity index (χ0) is 11.5. The van der Waals surface area contributed by atoms with Crippen molar-refractivity contribution in [1.29, 1.82) is 0 Å². The van der Waals surface area contributed by atoms with Gasteiger partial charge in [-0.1, -0.05) is 11.6 Å². The molecule has 1 aromatic rings. The van der Waals surface area contributed by atoms with E-state index in [9.17, 15) is 8.78 Å². The van der Waals surface area contributed by atoms with E-state index in [1.807, 2.05) is 6.92 Å². The standard InChI is InChI=1S/C13H15F2N/c1-9(8-16-12-4-5-12)6-10-2-3-11(14)7-13(10)15/h2-3,6-7,12,16H,4-5,8H2,1H3. The molecule has 2 rings (SSSR count). The smallest absolute Gasteiger partial charge is 0.133 e. The molecule has 1 nitrogen and oxygen atoms in total. The molecule has 0 aliphatic heterocycles. The van der Waals surface area contributed by atoms with Crippen LogP contribution in [0.25, 0.3) is 6.08 Å².